The smallest absolute Gasteiger partial charge is 0.0766 e. The molecular formula is C16H23N3O. The molecule has 4 heteroatoms. The molecule has 0 aliphatic rings. The molecule has 0 spiro atoms. The Morgan fingerprint density at radius 1 is 1.20 bits per heavy atom. The van der Waals surface area contributed by atoms with Crippen LogP contribution in [-0.2, 0) is 6.54 Å². The van der Waals surface area contributed by atoms with Crippen molar-refractivity contribution in [3.05, 3.63) is 48.3 Å². The lowest BCUT2D eigenvalue weighted by Crippen LogP contribution is -2.39. The van der Waals surface area contributed by atoms with Crippen molar-refractivity contribution in [1.82, 2.24) is 15.1 Å². The lowest BCUT2D eigenvalue weighted by Gasteiger charge is -2.25. The van der Waals surface area contributed by atoms with Crippen LogP contribution >= 0.6 is 0 Å². The molecular weight excluding hydrogens is 250 g/mol. The Bertz CT molecular complexity index is 518. The van der Waals surface area contributed by atoms with Crippen LogP contribution in [0.25, 0.3) is 5.69 Å². The average Bonchev–Trinajstić information content (AvgIpc) is 3.01. The Balaban J connectivity index is 2.04. The van der Waals surface area contributed by atoms with Gasteiger partial charge in [0.2, 0.25) is 0 Å². The van der Waals surface area contributed by atoms with E-state index in [0.717, 1.165) is 25.1 Å². The maximum absolute atomic E-state index is 10.3. The second-order valence-corrected chi connectivity index (χ2v) is 5.11. The lowest BCUT2D eigenvalue weighted by atomic mass is 9.97. The molecule has 2 rings (SSSR count). The number of hydrogen-bond donors (Lipinski definition) is 2. The van der Waals surface area contributed by atoms with Crippen molar-refractivity contribution in [1.29, 1.82) is 0 Å². The minimum atomic E-state index is -0.610. The van der Waals surface area contributed by atoms with Crippen LogP contribution in [0, 0.1) is 0 Å². The van der Waals surface area contributed by atoms with E-state index in [1.54, 1.807) is 6.20 Å². The summed E-state index contributed by atoms with van der Waals surface area (Å²) >= 11 is 0. The second kappa shape index (κ2) is 6.68. The van der Waals surface area contributed by atoms with Crippen LogP contribution in [0.15, 0.2) is 42.7 Å². The van der Waals surface area contributed by atoms with Gasteiger partial charge in [0.15, 0.2) is 0 Å². The molecule has 0 aliphatic carbocycles. The molecule has 0 bridgehead atoms. The highest BCUT2D eigenvalue weighted by atomic mass is 16.3. The molecule has 0 atom stereocenters. The largest absolute Gasteiger partial charge is 0.389 e. The zero-order valence-corrected chi connectivity index (χ0v) is 12.2. The molecule has 0 aliphatic heterocycles. The van der Waals surface area contributed by atoms with E-state index >= 15 is 0 Å². The zero-order valence-electron chi connectivity index (χ0n) is 12.2. The molecule has 2 N–H and O–H groups in total. The SMILES string of the molecule is CCC(O)(CC)CNCc1ccccc1-n1cccn1. The third-order valence-corrected chi connectivity index (χ3v) is 3.83. The number of nitrogens with one attached hydrogen (secondary N) is 1. The summed E-state index contributed by atoms with van der Waals surface area (Å²) in [5.41, 5.74) is 1.63. The number of hydrogen-bond acceptors (Lipinski definition) is 3. The quantitative estimate of drug-likeness (QED) is 0.815. The van der Waals surface area contributed by atoms with E-state index in [-0.39, 0.29) is 0 Å². The molecule has 0 fully saturated rings. The fourth-order valence-corrected chi connectivity index (χ4v) is 2.22. The van der Waals surface area contributed by atoms with Gasteiger partial charge >= 0.3 is 0 Å². The summed E-state index contributed by atoms with van der Waals surface area (Å²) in [6, 6.07) is 10.1. The fourth-order valence-electron chi connectivity index (χ4n) is 2.22. The van der Waals surface area contributed by atoms with Crippen LogP contribution in [0.5, 0.6) is 0 Å². The maximum Gasteiger partial charge on any atom is 0.0766 e. The van der Waals surface area contributed by atoms with Gasteiger partial charge in [-0.3, -0.25) is 0 Å². The van der Waals surface area contributed by atoms with Crippen LogP contribution < -0.4 is 5.32 Å². The topological polar surface area (TPSA) is 50.1 Å². The van der Waals surface area contributed by atoms with Crippen molar-refractivity contribution in [3.8, 4) is 5.69 Å². The van der Waals surface area contributed by atoms with Gasteiger partial charge in [0.1, 0.15) is 0 Å². The van der Waals surface area contributed by atoms with E-state index in [9.17, 15) is 5.11 Å². The van der Waals surface area contributed by atoms with Crippen molar-refractivity contribution in [2.75, 3.05) is 6.54 Å². The highest BCUT2D eigenvalue weighted by Gasteiger charge is 2.21. The number of benzene rings is 1. The first kappa shape index (κ1) is 14.8. The van der Waals surface area contributed by atoms with E-state index in [4.69, 9.17) is 0 Å². The lowest BCUT2D eigenvalue weighted by molar-refractivity contribution is 0.0323. The van der Waals surface area contributed by atoms with E-state index in [2.05, 4.69) is 22.5 Å². The molecule has 20 heavy (non-hydrogen) atoms. The molecule has 0 amide bonds. The van der Waals surface area contributed by atoms with Crippen LogP contribution in [0.2, 0.25) is 0 Å². The van der Waals surface area contributed by atoms with E-state index < -0.39 is 5.60 Å². The van der Waals surface area contributed by atoms with Crippen LogP contribution in [0.1, 0.15) is 32.3 Å². The molecule has 1 aromatic carbocycles. The first-order chi connectivity index (χ1) is 9.68. The predicted octanol–water partition coefficient (Wildman–Crippen LogP) is 2.51. The minimum absolute atomic E-state index is 0.605. The van der Waals surface area contributed by atoms with Crippen molar-refractivity contribution in [2.45, 2.75) is 38.8 Å². The summed E-state index contributed by atoms with van der Waals surface area (Å²) in [6.07, 6.45) is 5.24. The Labute approximate surface area is 120 Å². The number of aromatic nitrogens is 2. The molecule has 0 saturated heterocycles. The van der Waals surface area contributed by atoms with Gasteiger partial charge < -0.3 is 10.4 Å². The van der Waals surface area contributed by atoms with Gasteiger partial charge in [-0.15, -0.1) is 0 Å². The summed E-state index contributed by atoms with van der Waals surface area (Å²) in [5, 5.41) is 17.9. The summed E-state index contributed by atoms with van der Waals surface area (Å²) in [7, 11) is 0. The van der Waals surface area contributed by atoms with E-state index in [0.29, 0.717) is 6.54 Å². The normalized spacial score (nSPS) is 11.8. The zero-order chi connectivity index (χ0) is 14.4. The molecule has 0 unspecified atom stereocenters. The molecule has 108 valence electrons. The molecule has 4 nitrogen and oxygen atoms in total. The van der Waals surface area contributed by atoms with Gasteiger partial charge in [-0.2, -0.15) is 5.10 Å². The Kier molecular flexibility index (Phi) is 4.93. The summed E-state index contributed by atoms with van der Waals surface area (Å²) < 4.78 is 1.86. The summed E-state index contributed by atoms with van der Waals surface area (Å²) in [6.45, 7) is 5.36. The maximum atomic E-state index is 10.3. The Morgan fingerprint density at radius 2 is 1.95 bits per heavy atom. The number of para-hydroxylation sites is 1. The highest BCUT2D eigenvalue weighted by molar-refractivity contribution is 5.40. The third kappa shape index (κ3) is 3.46. The number of rotatable bonds is 7. The third-order valence-electron chi connectivity index (χ3n) is 3.83. The molecule has 1 heterocycles. The van der Waals surface area contributed by atoms with Crippen molar-refractivity contribution in [2.24, 2.45) is 0 Å². The second-order valence-electron chi connectivity index (χ2n) is 5.11. The first-order valence-electron chi connectivity index (χ1n) is 7.19. The Hall–Kier alpha value is -1.65. The van der Waals surface area contributed by atoms with Crippen LogP contribution in [0.3, 0.4) is 0 Å². The number of nitrogens with zero attached hydrogens (tertiary/aromatic N) is 2. The fraction of sp³-hybridized carbons (Fsp3) is 0.438. The van der Waals surface area contributed by atoms with Gasteiger partial charge in [0.25, 0.3) is 0 Å². The van der Waals surface area contributed by atoms with Crippen LogP contribution in [0.4, 0.5) is 0 Å². The minimum Gasteiger partial charge on any atom is -0.389 e. The first-order valence-corrected chi connectivity index (χ1v) is 7.19. The molecule has 0 radical (unpaired) electrons. The van der Waals surface area contributed by atoms with Gasteiger partial charge in [-0.1, -0.05) is 32.0 Å². The van der Waals surface area contributed by atoms with Crippen molar-refractivity contribution >= 4 is 0 Å². The molecule has 0 saturated carbocycles. The van der Waals surface area contributed by atoms with Crippen molar-refractivity contribution < 1.29 is 5.11 Å². The Morgan fingerprint density at radius 3 is 2.60 bits per heavy atom. The average molecular weight is 273 g/mol. The van der Waals surface area contributed by atoms with Gasteiger partial charge in [0.05, 0.1) is 11.3 Å². The van der Waals surface area contributed by atoms with E-state index in [1.807, 2.05) is 42.9 Å². The van der Waals surface area contributed by atoms with Crippen LogP contribution in [-0.4, -0.2) is 27.0 Å². The monoisotopic (exact) mass is 273 g/mol. The standard InChI is InChI=1S/C16H23N3O/c1-3-16(20,4-2)13-17-12-14-8-5-6-9-15(14)19-11-7-10-18-19/h5-11,17,20H,3-4,12-13H2,1-2H3. The van der Waals surface area contributed by atoms with Gasteiger partial charge in [-0.05, 0) is 30.5 Å². The van der Waals surface area contributed by atoms with E-state index in [1.165, 1.54) is 5.56 Å². The van der Waals surface area contributed by atoms with Gasteiger partial charge in [0, 0.05) is 25.5 Å². The summed E-state index contributed by atoms with van der Waals surface area (Å²) in [5.74, 6) is 0. The predicted molar refractivity (Wildman–Crippen MR) is 80.8 cm³/mol. The molecule has 1 aromatic heterocycles. The van der Waals surface area contributed by atoms with Gasteiger partial charge in [-0.25, -0.2) is 4.68 Å². The highest BCUT2D eigenvalue weighted by Crippen LogP contribution is 2.15. The number of aliphatic hydroxyl groups is 1. The van der Waals surface area contributed by atoms with Crippen molar-refractivity contribution in [3.63, 3.8) is 0 Å². The summed E-state index contributed by atoms with van der Waals surface area (Å²) in [4.78, 5) is 0. The molecule has 2 aromatic rings.